The lowest BCUT2D eigenvalue weighted by atomic mass is 10.2. The van der Waals surface area contributed by atoms with Crippen molar-refractivity contribution in [2.45, 2.75) is 31.6 Å². The molecule has 0 bridgehead atoms. The molecule has 1 aromatic heterocycles. The van der Waals surface area contributed by atoms with Gasteiger partial charge in [0, 0.05) is 10.9 Å². The second-order valence-electron chi connectivity index (χ2n) is 5.26. The van der Waals surface area contributed by atoms with Gasteiger partial charge in [0.2, 0.25) is 5.91 Å². The Kier molecular flexibility index (Phi) is 4.68. The van der Waals surface area contributed by atoms with Crippen molar-refractivity contribution in [1.82, 2.24) is 10.3 Å². The minimum absolute atomic E-state index is 0.289. The number of nitrogens with zero attached hydrogens (tertiary/aromatic N) is 1. The predicted molar refractivity (Wildman–Crippen MR) is 84.9 cm³/mol. The van der Waals surface area contributed by atoms with Crippen LogP contribution in [0.3, 0.4) is 0 Å². The Bertz CT molecular complexity index is 701. The first-order valence-electron chi connectivity index (χ1n) is 7.29. The SMILES string of the molecule is O=C(NCc1csc(-c2ccccc2)n1)[C@@H]1CC[C@H](C(=O)O)O1. The average molecular weight is 332 g/mol. The molecule has 2 heterocycles. The Balaban J connectivity index is 1.54. The third-order valence-corrected chi connectivity index (χ3v) is 4.54. The van der Waals surface area contributed by atoms with Crippen LogP contribution in [0.1, 0.15) is 18.5 Å². The average Bonchev–Trinajstić information content (AvgIpc) is 3.23. The van der Waals surface area contributed by atoms with Gasteiger partial charge in [0.25, 0.3) is 0 Å². The first-order chi connectivity index (χ1) is 11.1. The molecule has 1 fully saturated rings. The van der Waals surface area contributed by atoms with Gasteiger partial charge in [-0.15, -0.1) is 11.3 Å². The van der Waals surface area contributed by atoms with Crippen molar-refractivity contribution in [3.8, 4) is 10.6 Å². The maximum absolute atomic E-state index is 12.0. The zero-order valence-corrected chi connectivity index (χ0v) is 13.1. The van der Waals surface area contributed by atoms with E-state index in [9.17, 15) is 9.59 Å². The Morgan fingerprint density at radius 3 is 2.70 bits per heavy atom. The lowest BCUT2D eigenvalue weighted by molar-refractivity contribution is -0.151. The number of hydrogen-bond donors (Lipinski definition) is 2. The third-order valence-electron chi connectivity index (χ3n) is 3.60. The molecular formula is C16H16N2O4S. The molecule has 1 amide bonds. The summed E-state index contributed by atoms with van der Waals surface area (Å²) < 4.78 is 5.22. The van der Waals surface area contributed by atoms with Crippen LogP contribution in [0.5, 0.6) is 0 Å². The van der Waals surface area contributed by atoms with Crippen molar-refractivity contribution in [2.75, 3.05) is 0 Å². The Labute approximate surface area is 137 Å². The number of rotatable bonds is 5. The number of aliphatic carboxylic acids is 1. The first-order valence-corrected chi connectivity index (χ1v) is 8.17. The number of nitrogens with one attached hydrogen (secondary N) is 1. The molecule has 7 heteroatoms. The number of hydrogen-bond acceptors (Lipinski definition) is 5. The summed E-state index contributed by atoms with van der Waals surface area (Å²) in [6.45, 7) is 0.305. The highest BCUT2D eigenvalue weighted by Gasteiger charge is 2.34. The fraction of sp³-hybridized carbons (Fsp3) is 0.312. The monoisotopic (exact) mass is 332 g/mol. The molecule has 1 aliphatic heterocycles. The number of carbonyl (C=O) groups is 2. The van der Waals surface area contributed by atoms with Gasteiger partial charge >= 0.3 is 5.97 Å². The van der Waals surface area contributed by atoms with Gasteiger partial charge in [-0.1, -0.05) is 30.3 Å². The van der Waals surface area contributed by atoms with Crippen LogP contribution >= 0.6 is 11.3 Å². The molecular weight excluding hydrogens is 316 g/mol. The number of ether oxygens (including phenoxy) is 1. The molecule has 2 atom stereocenters. The summed E-state index contributed by atoms with van der Waals surface area (Å²) in [6.07, 6.45) is -0.782. The van der Waals surface area contributed by atoms with E-state index in [1.807, 2.05) is 35.7 Å². The lowest BCUT2D eigenvalue weighted by Crippen LogP contribution is -2.35. The van der Waals surface area contributed by atoms with Crippen LogP contribution in [-0.4, -0.2) is 34.2 Å². The van der Waals surface area contributed by atoms with Crippen molar-refractivity contribution < 1.29 is 19.4 Å². The zero-order valence-electron chi connectivity index (χ0n) is 12.3. The van der Waals surface area contributed by atoms with Crippen molar-refractivity contribution in [2.24, 2.45) is 0 Å². The topological polar surface area (TPSA) is 88.5 Å². The number of carboxylic acids is 1. The molecule has 23 heavy (non-hydrogen) atoms. The highest BCUT2D eigenvalue weighted by Crippen LogP contribution is 2.23. The number of carbonyl (C=O) groups excluding carboxylic acids is 1. The van der Waals surface area contributed by atoms with Crippen LogP contribution in [-0.2, 0) is 20.9 Å². The molecule has 3 rings (SSSR count). The molecule has 1 aliphatic rings. The van der Waals surface area contributed by atoms with Gasteiger partial charge in [-0.2, -0.15) is 0 Å². The van der Waals surface area contributed by atoms with E-state index in [4.69, 9.17) is 9.84 Å². The van der Waals surface area contributed by atoms with Gasteiger partial charge in [0.15, 0.2) is 6.10 Å². The van der Waals surface area contributed by atoms with E-state index in [0.717, 1.165) is 16.3 Å². The van der Waals surface area contributed by atoms with Crippen molar-refractivity contribution in [1.29, 1.82) is 0 Å². The van der Waals surface area contributed by atoms with E-state index in [0.29, 0.717) is 19.4 Å². The number of thiazole rings is 1. The Morgan fingerprint density at radius 2 is 2.00 bits per heavy atom. The highest BCUT2D eigenvalue weighted by molar-refractivity contribution is 7.13. The highest BCUT2D eigenvalue weighted by atomic mass is 32.1. The van der Waals surface area contributed by atoms with E-state index < -0.39 is 18.2 Å². The quantitative estimate of drug-likeness (QED) is 0.875. The summed E-state index contributed by atoms with van der Waals surface area (Å²) in [4.78, 5) is 27.3. The largest absolute Gasteiger partial charge is 0.479 e. The summed E-state index contributed by atoms with van der Waals surface area (Å²) in [5.74, 6) is -1.31. The van der Waals surface area contributed by atoms with Crippen molar-refractivity contribution >= 4 is 23.2 Å². The van der Waals surface area contributed by atoms with E-state index in [1.165, 1.54) is 11.3 Å². The molecule has 1 aromatic carbocycles. The number of benzene rings is 1. The van der Waals surface area contributed by atoms with Crippen LogP contribution < -0.4 is 5.32 Å². The molecule has 0 unspecified atom stereocenters. The summed E-state index contributed by atoms with van der Waals surface area (Å²) in [5, 5.41) is 14.4. The number of carboxylic acid groups (broad SMARTS) is 1. The third kappa shape index (κ3) is 3.75. The molecule has 0 radical (unpaired) electrons. The van der Waals surface area contributed by atoms with Crippen molar-refractivity contribution in [3.63, 3.8) is 0 Å². The lowest BCUT2D eigenvalue weighted by Gasteiger charge is -2.10. The van der Waals surface area contributed by atoms with Gasteiger partial charge < -0.3 is 15.2 Å². The minimum atomic E-state index is -1.02. The van der Waals surface area contributed by atoms with Crippen LogP contribution in [0.25, 0.3) is 10.6 Å². The van der Waals surface area contributed by atoms with Crippen LogP contribution in [0.4, 0.5) is 0 Å². The zero-order chi connectivity index (χ0) is 16.2. The molecule has 1 saturated heterocycles. The second kappa shape index (κ2) is 6.89. The van der Waals surface area contributed by atoms with E-state index >= 15 is 0 Å². The summed E-state index contributed by atoms with van der Waals surface area (Å²) in [7, 11) is 0. The first kappa shape index (κ1) is 15.6. The Morgan fingerprint density at radius 1 is 1.26 bits per heavy atom. The van der Waals surface area contributed by atoms with Gasteiger partial charge in [0.05, 0.1) is 12.2 Å². The van der Waals surface area contributed by atoms with Gasteiger partial charge in [-0.05, 0) is 12.8 Å². The minimum Gasteiger partial charge on any atom is -0.479 e. The van der Waals surface area contributed by atoms with Crippen LogP contribution in [0.15, 0.2) is 35.7 Å². The Hall–Kier alpha value is -2.25. The number of aromatic nitrogens is 1. The maximum Gasteiger partial charge on any atom is 0.332 e. The molecule has 0 spiro atoms. The fourth-order valence-corrected chi connectivity index (χ4v) is 3.23. The van der Waals surface area contributed by atoms with Crippen molar-refractivity contribution in [3.05, 3.63) is 41.4 Å². The van der Waals surface area contributed by atoms with Crippen LogP contribution in [0.2, 0.25) is 0 Å². The standard InChI is InChI=1S/C16H16N2O4S/c19-14(12-6-7-13(22-12)16(20)21)17-8-11-9-23-15(18-11)10-4-2-1-3-5-10/h1-5,9,12-13H,6-8H2,(H,17,19)(H,20,21)/t12-,13+/m0/s1. The maximum atomic E-state index is 12.0. The molecule has 2 N–H and O–H groups in total. The molecule has 0 aliphatic carbocycles. The smallest absolute Gasteiger partial charge is 0.332 e. The summed E-state index contributed by atoms with van der Waals surface area (Å²) in [5.41, 5.74) is 1.81. The summed E-state index contributed by atoms with van der Waals surface area (Å²) >= 11 is 1.52. The summed E-state index contributed by atoms with van der Waals surface area (Å²) in [6, 6.07) is 9.83. The van der Waals surface area contributed by atoms with Gasteiger partial charge in [-0.3, -0.25) is 4.79 Å². The van der Waals surface area contributed by atoms with Crippen LogP contribution in [0, 0.1) is 0 Å². The molecule has 0 saturated carbocycles. The predicted octanol–water partition coefficient (Wildman–Crippen LogP) is 2.06. The van der Waals surface area contributed by atoms with Gasteiger partial charge in [-0.25, -0.2) is 9.78 Å². The fourth-order valence-electron chi connectivity index (χ4n) is 2.40. The van der Waals surface area contributed by atoms with E-state index in [2.05, 4.69) is 10.3 Å². The second-order valence-corrected chi connectivity index (χ2v) is 6.11. The van der Waals surface area contributed by atoms with E-state index in [-0.39, 0.29) is 5.91 Å². The molecule has 2 aromatic rings. The van der Waals surface area contributed by atoms with Gasteiger partial charge in [0.1, 0.15) is 11.1 Å². The van der Waals surface area contributed by atoms with E-state index in [1.54, 1.807) is 0 Å². The molecule has 6 nitrogen and oxygen atoms in total. The number of amides is 1. The molecule has 120 valence electrons. The normalized spacial score (nSPS) is 20.3.